The van der Waals surface area contributed by atoms with E-state index in [1.54, 1.807) is 0 Å². The molecule has 1 atom stereocenters. The topological polar surface area (TPSA) is 12.0 Å². The third-order valence-electron chi connectivity index (χ3n) is 4.05. The smallest absolute Gasteiger partial charge is 0.00645 e. The summed E-state index contributed by atoms with van der Waals surface area (Å²) in [5.41, 5.74) is 1.49. The monoisotopic (exact) mass is 269 g/mol. The summed E-state index contributed by atoms with van der Waals surface area (Å²) in [5.74, 6) is 0. The van der Waals surface area contributed by atoms with Crippen LogP contribution in [0.3, 0.4) is 0 Å². The molecule has 0 bridgehead atoms. The molecule has 1 heteroatoms. The van der Waals surface area contributed by atoms with E-state index in [1.807, 2.05) is 0 Å². The molecule has 2 rings (SSSR count). The molecule has 0 saturated carbocycles. The summed E-state index contributed by atoms with van der Waals surface area (Å²) in [6, 6.07) is 16.1. The molecular weight excluding hydrogens is 242 g/mol. The third kappa shape index (κ3) is 4.08. The first-order valence-electron chi connectivity index (χ1n) is 8.05. The molecule has 2 aromatic carbocycles. The summed E-state index contributed by atoms with van der Waals surface area (Å²) in [6.07, 6.45) is 6.18. The molecular formula is C19H27N. The summed E-state index contributed by atoms with van der Waals surface area (Å²) in [5, 5.41) is 6.43. The van der Waals surface area contributed by atoms with Crippen LogP contribution in [0.4, 0.5) is 0 Å². The minimum absolute atomic E-state index is 0.685. The fourth-order valence-electron chi connectivity index (χ4n) is 2.85. The second-order valence-corrected chi connectivity index (χ2v) is 5.59. The van der Waals surface area contributed by atoms with Gasteiger partial charge in [0.15, 0.2) is 0 Å². The Balaban J connectivity index is 1.92. The Hall–Kier alpha value is -1.34. The van der Waals surface area contributed by atoms with Gasteiger partial charge in [0.1, 0.15) is 0 Å². The molecule has 0 amide bonds. The normalized spacial score (nSPS) is 12.7. The second-order valence-electron chi connectivity index (χ2n) is 5.59. The van der Waals surface area contributed by atoms with Gasteiger partial charge < -0.3 is 5.32 Å². The maximum absolute atomic E-state index is 3.64. The maximum Gasteiger partial charge on any atom is 0.00645 e. The van der Waals surface area contributed by atoms with Crippen LogP contribution < -0.4 is 5.32 Å². The Bertz CT molecular complexity index is 513. The van der Waals surface area contributed by atoms with E-state index in [2.05, 4.69) is 61.6 Å². The molecule has 0 heterocycles. The van der Waals surface area contributed by atoms with Gasteiger partial charge in [-0.25, -0.2) is 0 Å². The molecule has 1 nitrogen and oxygen atoms in total. The van der Waals surface area contributed by atoms with E-state index in [1.165, 1.54) is 48.4 Å². The van der Waals surface area contributed by atoms with Gasteiger partial charge >= 0.3 is 0 Å². The van der Waals surface area contributed by atoms with E-state index >= 15 is 0 Å². The van der Waals surface area contributed by atoms with Crippen molar-refractivity contribution in [1.82, 2.24) is 5.32 Å². The zero-order valence-corrected chi connectivity index (χ0v) is 12.9. The van der Waals surface area contributed by atoms with Gasteiger partial charge in [0, 0.05) is 6.04 Å². The molecule has 20 heavy (non-hydrogen) atoms. The van der Waals surface area contributed by atoms with Gasteiger partial charge in [0.05, 0.1) is 0 Å². The van der Waals surface area contributed by atoms with Gasteiger partial charge in [-0.3, -0.25) is 0 Å². The highest BCUT2D eigenvalue weighted by Crippen LogP contribution is 2.20. The van der Waals surface area contributed by atoms with E-state index in [0.717, 1.165) is 6.54 Å². The van der Waals surface area contributed by atoms with Crippen molar-refractivity contribution >= 4 is 10.8 Å². The zero-order valence-electron chi connectivity index (χ0n) is 12.9. The number of rotatable bonds is 8. The Labute approximate surface area is 123 Å². The molecule has 0 saturated heterocycles. The molecule has 0 aliphatic carbocycles. The largest absolute Gasteiger partial charge is 0.314 e. The minimum atomic E-state index is 0.685. The zero-order chi connectivity index (χ0) is 14.2. The summed E-state index contributed by atoms with van der Waals surface area (Å²) in [6.45, 7) is 5.66. The van der Waals surface area contributed by atoms with Crippen molar-refractivity contribution < 1.29 is 0 Å². The average molecular weight is 269 g/mol. The van der Waals surface area contributed by atoms with Crippen molar-refractivity contribution in [2.45, 2.75) is 52.0 Å². The van der Waals surface area contributed by atoms with Crippen LogP contribution in [0.15, 0.2) is 42.5 Å². The number of nitrogens with one attached hydrogen (secondary N) is 1. The molecule has 0 spiro atoms. The Morgan fingerprint density at radius 1 is 1.00 bits per heavy atom. The lowest BCUT2D eigenvalue weighted by Crippen LogP contribution is -2.29. The highest BCUT2D eigenvalue weighted by molar-refractivity contribution is 5.85. The Morgan fingerprint density at radius 3 is 2.60 bits per heavy atom. The molecule has 108 valence electrons. The molecule has 1 N–H and O–H groups in total. The van der Waals surface area contributed by atoms with Gasteiger partial charge in [-0.05, 0) is 55.0 Å². The number of hydrogen-bond donors (Lipinski definition) is 1. The van der Waals surface area contributed by atoms with Gasteiger partial charge in [0.25, 0.3) is 0 Å². The standard InChI is InChI=1S/C19H27N/c1-3-15-20-18(4-2)13-8-12-17-11-7-10-16-9-5-6-14-19(16)17/h5-7,9-11,14,18,20H,3-4,8,12-13,15H2,1-2H3. The first kappa shape index (κ1) is 15.1. The van der Waals surface area contributed by atoms with Crippen LogP contribution in [0.2, 0.25) is 0 Å². The lowest BCUT2D eigenvalue weighted by molar-refractivity contribution is 0.456. The van der Waals surface area contributed by atoms with E-state index in [4.69, 9.17) is 0 Å². The van der Waals surface area contributed by atoms with E-state index in [9.17, 15) is 0 Å². The van der Waals surface area contributed by atoms with Crippen molar-refractivity contribution in [1.29, 1.82) is 0 Å². The van der Waals surface area contributed by atoms with Crippen LogP contribution in [0.1, 0.15) is 45.1 Å². The predicted octanol–water partition coefficient (Wildman–Crippen LogP) is 4.94. The SMILES string of the molecule is CCCNC(CC)CCCc1cccc2ccccc12. The van der Waals surface area contributed by atoms with E-state index < -0.39 is 0 Å². The fraction of sp³-hybridized carbons (Fsp3) is 0.474. The van der Waals surface area contributed by atoms with Gasteiger partial charge in [-0.15, -0.1) is 0 Å². The van der Waals surface area contributed by atoms with Crippen molar-refractivity contribution in [3.8, 4) is 0 Å². The van der Waals surface area contributed by atoms with Crippen LogP contribution in [0.25, 0.3) is 10.8 Å². The minimum Gasteiger partial charge on any atom is -0.314 e. The molecule has 2 aromatic rings. The van der Waals surface area contributed by atoms with Gasteiger partial charge in [0.2, 0.25) is 0 Å². The van der Waals surface area contributed by atoms with Crippen molar-refractivity contribution in [3.63, 3.8) is 0 Å². The number of hydrogen-bond acceptors (Lipinski definition) is 1. The van der Waals surface area contributed by atoms with Crippen molar-refractivity contribution in [2.75, 3.05) is 6.54 Å². The lowest BCUT2D eigenvalue weighted by atomic mass is 9.98. The van der Waals surface area contributed by atoms with E-state index in [-0.39, 0.29) is 0 Å². The summed E-state index contributed by atoms with van der Waals surface area (Å²) in [4.78, 5) is 0. The summed E-state index contributed by atoms with van der Waals surface area (Å²) < 4.78 is 0. The number of fused-ring (bicyclic) bond motifs is 1. The van der Waals surface area contributed by atoms with Crippen molar-refractivity contribution in [2.24, 2.45) is 0 Å². The Kier molecular flexibility index (Phi) is 6.07. The lowest BCUT2D eigenvalue weighted by Gasteiger charge is -2.16. The molecule has 0 fully saturated rings. The molecule has 0 radical (unpaired) electrons. The van der Waals surface area contributed by atoms with Gasteiger partial charge in [-0.2, -0.15) is 0 Å². The molecule has 0 aliphatic heterocycles. The maximum atomic E-state index is 3.64. The highest BCUT2D eigenvalue weighted by Gasteiger charge is 2.06. The molecule has 0 aromatic heterocycles. The number of aryl methyl sites for hydroxylation is 1. The van der Waals surface area contributed by atoms with Crippen LogP contribution in [0.5, 0.6) is 0 Å². The fourth-order valence-corrected chi connectivity index (χ4v) is 2.85. The van der Waals surface area contributed by atoms with Gasteiger partial charge in [-0.1, -0.05) is 56.3 Å². The molecule has 0 aliphatic rings. The van der Waals surface area contributed by atoms with Crippen LogP contribution in [-0.2, 0) is 6.42 Å². The first-order chi connectivity index (χ1) is 9.85. The van der Waals surface area contributed by atoms with Crippen LogP contribution in [0, 0.1) is 0 Å². The summed E-state index contributed by atoms with van der Waals surface area (Å²) >= 11 is 0. The van der Waals surface area contributed by atoms with Crippen LogP contribution >= 0.6 is 0 Å². The summed E-state index contributed by atoms with van der Waals surface area (Å²) in [7, 11) is 0. The Morgan fingerprint density at radius 2 is 1.80 bits per heavy atom. The third-order valence-corrected chi connectivity index (χ3v) is 4.05. The number of benzene rings is 2. The second kappa shape index (κ2) is 8.06. The van der Waals surface area contributed by atoms with Crippen LogP contribution in [-0.4, -0.2) is 12.6 Å². The van der Waals surface area contributed by atoms with Crippen molar-refractivity contribution in [3.05, 3.63) is 48.0 Å². The predicted molar refractivity (Wildman–Crippen MR) is 89.3 cm³/mol. The molecule has 1 unspecified atom stereocenters. The quantitative estimate of drug-likeness (QED) is 0.715. The first-order valence-corrected chi connectivity index (χ1v) is 8.05. The van der Waals surface area contributed by atoms with E-state index in [0.29, 0.717) is 6.04 Å². The average Bonchev–Trinajstić information content (AvgIpc) is 2.51. The highest BCUT2D eigenvalue weighted by atomic mass is 14.9.